The van der Waals surface area contributed by atoms with Crippen LogP contribution >= 0.6 is 11.6 Å². The third-order valence-electron chi connectivity index (χ3n) is 3.93. The van der Waals surface area contributed by atoms with Gasteiger partial charge in [-0.15, -0.1) is 0 Å². The third kappa shape index (κ3) is 4.70. The average molecular weight is 371 g/mol. The van der Waals surface area contributed by atoms with E-state index in [1.54, 1.807) is 12.1 Å². The van der Waals surface area contributed by atoms with Crippen LogP contribution < -0.4 is 10.6 Å². The first kappa shape index (κ1) is 18.1. The molecule has 0 unspecified atom stereocenters. The van der Waals surface area contributed by atoms with Crippen LogP contribution in [0.1, 0.15) is 16.8 Å². The first-order valence-corrected chi connectivity index (χ1v) is 8.75. The van der Waals surface area contributed by atoms with Gasteiger partial charge in [0, 0.05) is 29.0 Å². The lowest BCUT2D eigenvalue weighted by Crippen LogP contribution is -2.10. The first-order chi connectivity index (χ1) is 12.5. The minimum Gasteiger partial charge on any atom is -0.354 e. The summed E-state index contributed by atoms with van der Waals surface area (Å²) < 4.78 is 13.7. The van der Waals surface area contributed by atoms with E-state index in [0.717, 1.165) is 16.9 Å². The van der Waals surface area contributed by atoms with Crippen LogP contribution in [-0.2, 0) is 6.42 Å². The second-order valence-corrected chi connectivity index (χ2v) is 6.48. The van der Waals surface area contributed by atoms with Gasteiger partial charge >= 0.3 is 0 Å². The van der Waals surface area contributed by atoms with Crippen molar-refractivity contribution in [2.45, 2.75) is 20.3 Å². The lowest BCUT2D eigenvalue weighted by molar-refractivity contribution is 0.610. The van der Waals surface area contributed by atoms with E-state index in [-0.39, 0.29) is 5.82 Å². The highest BCUT2D eigenvalue weighted by Gasteiger charge is 2.05. The van der Waals surface area contributed by atoms with Crippen LogP contribution in [0.2, 0.25) is 5.02 Å². The van der Waals surface area contributed by atoms with E-state index in [4.69, 9.17) is 11.6 Å². The van der Waals surface area contributed by atoms with E-state index in [0.29, 0.717) is 35.3 Å². The number of hydrogen-bond donors (Lipinski definition) is 2. The van der Waals surface area contributed by atoms with Crippen molar-refractivity contribution in [2.24, 2.45) is 0 Å². The number of hydrogen-bond acceptors (Lipinski definition) is 4. The summed E-state index contributed by atoms with van der Waals surface area (Å²) in [5.41, 5.74) is 3.37. The van der Waals surface area contributed by atoms with E-state index in [2.05, 4.69) is 20.6 Å². The maximum atomic E-state index is 13.7. The fraction of sp³-hybridized carbons (Fsp3) is 0.200. The van der Waals surface area contributed by atoms with Crippen LogP contribution in [0.3, 0.4) is 0 Å². The topological polar surface area (TPSA) is 49.8 Å². The van der Waals surface area contributed by atoms with Crippen molar-refractivity contribution in [1.82, 2.24) is 9.97 Å². The fourth-order valence-electron chi connectivity index (χ4n) is 2.54. The lowest BCUT2D eigenvalue weighted by Gasteiger charge is -2.11. The molecule has 1 heterocycles. The van der Waals surface area contributed by atoms with Crippen molar-refractivity contribution in [3.05, 3.63) is 76.2 Å². The number of nitrogens with zero attached hydrogens (tertiary/aromatic N) is 2. The molecule has 1 aromatic heterocycles. The van der Waals surface area contributed by atoms with Crippen LogP contribution in [0.4, 0.5) is 21.8 Å². The van der Waals surface area contributed by atoms with Gasteiger partial charge < -0.3 is 10.6 Å². The van der Waals surface area contributed by atoms with Crippen molar-refractivity contribution in [1.29, 1.82) is 0 Å². The van der Waals surface area contributed by atoms with Crippen molar-refractivity contribution >= 4 is 29.1 Å². The molecule has 2 N–H and O–H groups in total. The second kappa shape index (κ2) is 8.15. The molecule has 6 heteroatoms. The minimum atomic E-state index is -0.196. The summed E-state index contributed by atoms with van der Waals surface area (Å²) in [6, 6.07) is 14.4. The van der Waals surface area contributed by atoms with Crippen molar-refractivity contribution in [3.8, 4) is 0 Å². The number of rotatable bonds is 6. The highest BCUT2D eigenvalue weighted by molar-refractivity contribution is 6.31. The Hall–Kier alpha value is -2.66. The van der Waals surface area contributed by atoms with Crippen LogP contribution in [0.5, 0.6) is 0 Å². The molecule has 3 aromatic rings. The van der Waals surface area contributed by atoms with Crippen molar-refractivity contribution < 1.29 is 4.39 Å². The zero-order valence-electron chi connectivity index (χ0n) is 14.7. The van der Waals surface area contributed by atoms with E-state index in [1.165, 1.54) is 6.07 Å². The number of anilines is 3. The summed E-state index contributed by atoms with van der Waals surface area (Å²) in [7, 11) is 0. The van der Waals surface area contributed by atoms with Crippen LogP contribution in [0, 0.1) is 19.7 Å². The van der Waals surface area contributed by atoms with E-state index < -0.39 is 0 Å². The molecule has 0 spiro atoms. The minimum absolute atomic E-state index is 0.196. The molecule has 0 radical (unpaired) electrons. The van der Waals surface area contributed by atoms with Gasteiger partial charge in [-0.1, -0.05) is 35.9 Å². The molecule has 0 amide bonds. The van der Waals surface area contributed by atoms with Gasteiger partial charge in [-0.2, -0.15) is 4.98 Å². The SMILES string of the molecule is Cc1cc(Nc2ccc(C)c(Cl)c2)nc(NCCc2ccccc2F)n1. The molecular weight excluding hydrogens is 351 g/mol. The van der Waals surface area contributed by atoms with Gasteiger partial charge in [0.2, 0.25) is 5.95 Å². The van der Waals surface area contributed by atoms with Gasteiger partial charge in [0.05, 0.1) is 0 Å². The maximum absolute atomic E-state index is 13.7. The Morgan fingerprint density at radius 3 is 2.62 bits per heavy atom. The summed E-state index contributed by atoms with van der Waals surface area (Å²) in [5.74, 6) is 0.978. The third-order valence-corrected chi connectivity index (χ3v) is 4.34. The van der Waals surface area contributed by atoms with Gasteiger partial charge in [-0.05, 0) is 49.6 Å². The highest BCUT2D eigenvalue weighted by Crippen LogP contribution is 2.23. The number of aromatic nitrogens is 2. The van der Waals surface area contributed by atoms with E-state index >= 15 is 0 Å². The summed E-state index contributed by atoms with van der Waals surface area (Å²) in [5, 5.41) is 7.09. The molecular formula is C20H20ClFN4. The molecule has 0 fully saturated rings. The zero-order valence-corrected chi connectivity index (χ0v) is 15.4. The summed E-state index contributed by atoms with van der Waals surface area (Å²) in [4.78, 5) is 8.84. The predicted molar refractivity (Wildman–Crippen MR) is 105 cm³/mol. The van der Waals surface area contributed by atoms with Gasteiger partial charge in [0.1, 0.15) is 11.6 Å². The molecule has 2 aromatic carbocycles. The van der Waals surface area contributed by atoms with Crippen molar-refractivity contribution in [3.63, 3.8) is 0 Å². The predicted octanol–water partition coefficient (Wildman–Crippen LogP) is 5.28. The summed E-state index contributed by atoms with van der Waals surface area (Å²) >= 11 is 6.17. The molecule has 0 aliphatic heterocycles. The van der Waals surface area contributed by atoms with E-state index in [1.807, 2.05) is 44.2 Å². The first-order valence-electron chi connectivity index (χ1n) is 8.37. The molecule has 26 heavy (non-hydrogen) atoms. The van der Waals surface area contributed by atoms with Gasteiger partial charge in [0.15, 0.2) is 0 Å². The molecule has 0 aliphatic rings. The van der Waals surface area contributed by atoms with Gasteiger partial charge in [-0.25, -0.2) is 9.37 Å². The number of benzene rings is 2. The molecule has 4 nitrogen and oxygen atoms in total. The van der Waals surface area contributed by atoms with Gasteiger partial charge in [0.25, 0.3) is 0 Å². The Morgan fingerprint density at radius 2 is 1.85 bits per heavy atom. The van der Waals surface area contributed by atoms with E-state index in [9.17, 15) is 4.39 Å². The number of nitrogens with one attached hydrogen (secondary N) is 2. The molecule has 0 atom stereocenters. The summed E-state index contributed by atoms with van der Waals surface area (Å²) in [6.45, 7) is 4.40. The molecule has 0 saturated heterocycles. The molecule has 3 rings (SSSR count). The monoisotopic (exact) mass is 370 g/mol. The lowest BCUT2D eigenvalue weighted by atomic mass is 10.1. The van der Waals surface area contributed by atoms with Crippen LogP contribution in [0.25, 0.3) is 0 Å². The Morgan fingerprint density at radius 1 is 1.04 bits per heavy atom. The Kier molecular flexibility index (Phi) is 5.68. The maximum Gasteiger partial charge on any atom is 0.224 e. The Balaban J connectivity index is 1.67. The molecule has 134 valence electrons. The normalized spacial score (nSPS) is 10.6. The quantitative estimate of drug-likeness (QED) is 0.619. The standard InChI is InChI=1S/C20H20ClFN4/c1-13-7-8-16(12-17(13)21)25-19-11-14(2)24-20(26-19)23-10-9-15-5-3-4-6-18(15)22/h3-8,11-12H,9-10H2,1-2H3,(H2,23,24,25,26). The van der Waals surface area contributed by atoms with Crippen LogP contribution in [-0.4, -0.2) is 16.5 Å². The largest absolute Gasteiger partial charge is 0.354 e. The molecule has 0 aliphatic carbocycles. The Labute approximate surface area is 157 Å². The number of aryl methyl sites for hydroxylation is 2. The average Bonchev–Trinajstić information content (AvgIpc) is 2.59. The van der Waals surface area contributed by atoms with Crippen LogP contribution in [0.15, 0.2) is 48.5 Å². The number of halogens is 2. The fourth-order valence-corrected chi connectivity index (χ4v) is 2.72. The smallest absolute Gasteiger partial charge is 0.224 e. The zero-order chi connectivity index (χ0) is 18.5. The second-order valence-electron chi connectivity index (χ2n) is 6.08. The molecule has 0 bridgehead atoms. The van der Waals surface area contributed by atoms with Gasteiger partial charge in [-0.3, -0.25) is 0 Å². The summed E-state index contributed by atoms with van der Waals surface area (Å²) in [6.07, 6.45) is 0.556. The molecule has 0 saturated carbocycles. The highest BCUT2D eigenvalue weighted by atomic mass is 35.5. The van der Waals surface area contributed by atoms with Crippen molar-refractivity contribution in [2.75, 3.05) is 17.2 Å². The Bertz CT molecular complexity index is 914.